The van der Waals surface area contributed by atoms with Gasteiger partial charge in [0.15, 0.2) is 0 Å². The Bertz CT molecular complexity index is 2900. The Labute approximate surface area is 410 Å². The number of halogens is 6. The number of ether oxygens (including phenoxy) is 4. The molecule has 6 aromatic rings. The molecule has 4 aliphatic heterocycles. The lowest BCUT2D eigenvalue weighted by Crippen LogP contribution is -2.37. The van der Waals surface area contributed by atoms with Gasteiger partial charge in [-0.25, -0.2) is 46.2 Å². The molecule has 0 bridgehead atoms. The summed E-state index contributed by atoms with van der Waals surface area (Å²) < 4.78 is 160. The first kappa shape index (κ1) is 50.2. The van der Waals surface area contributed by atoms with Gasteiger partial charge in [-0.3, -0.25) is 0 Å². The summed E-state index contributed by atoms with van der Waals surface area (Å²) in [6.45, 7) is 4.23. The zero-order chi connectivity index (χ0) is 50.7. The smallest absolute Gasteiger partial charge is 0.416 e. The molecule has 2 fully saturated rings. The number of nitrogens with zero attached hydrogens (tertiary/aromatic N) is 6. The average Bonchev–Trinajstić information content (AvgIpc) is 3.38. The molecule has 0 amide bonds. The van der Waals surface area contributed by atoms with E-state index in [4.69, 9.17) is 18.9 Å². The zero-order valence-corrected chi connectivity index (χ0v) is 39.7. The lowest BCUT2D eigenvalue weighted by atomic mass is 9.85. The van der Waals surface area contributed by atoms with Crippen molar-refractivity contribution in [1.29, 1.82) is 0 Å². The quantitative estimate of drug-likeness (QED) is 0.125. The number of sulfonamides is 2. The van der Waals surface area contributed by atoms with Crippen molar-refractivity contribution in [3.05, 3.63) is 143 Å². The van der Waals surface area contributed by atoms with Crippen LogP contribution in [0.15, 0.2) is 120 Å². The van der Waals surface area contributed by atoms with Crippen LogP contribution in [0, 0.1) is 0 Å². The Morgan fingerprint density at radius 3 is 1.21 bits per heavy atom. The van der Waals surface area contributed by atoms with E-state index >= 15 is 0 Å². The van der Waals surface area contributed by atoms with E-state index in [1.807, 2.05) is 9.80 Å². The molecule has 4 aromatic carbocycles. The van der Waals surface area contributed by atoms with Crippen LogP contribution in [0.5, 0.6) is 11.5 Å². The highest BCUT2D eigenvalue weighted by molar-refractivity contribution is 7.93. The van der Waals surface area contributed by atoms with Gasteiger partial charge in [0.25, 0.3) is 20.0 Å². The van der Waals surface area contributed by atoms with Gasteiger partial charge in [-0.15, -0.1) is 0 Å². The third kappa shape index (κ3) is 11.3. The van der Waals surface area contributed by atoms with E-state index in [0.29, 0.717) is 113 Å². The molecule has 0 unspecified atom stereocenters. The number of aromatic nitrogens is 4. The Kier molecular flexibility index (Phi) is 14.5. The van der Waals surface area contributed by atoms with Crippen molar-refractivity contribution in [1.82, 2.24) is 19.9 Å². The number of nitrogens with one attached hydrogen (secondary N) is 2. The van der Waals surface area contributed by atoms with Crippen LogP contribution in [-0.2, 0) is 41.9 Å². The largest absolute Gasteiger partial charge is 0.493 e. The van der Waals surface area contributed by atoms with Crippen LogP contribution < -0.4 is 28.7 Å². The van der Waals surface area contributed by atoms with Crippen molar-refractivity contribution in [2.45, 2.75) is 46.8 Å². The minimum atomic E-state index is -4.47. The number of fused-ring (bicyclic) bond motifs is 2. The van der Waals surface area contributed by atoms with E-state index < -0.39 is 43.5 Å². The van der Waals surface area contributed by atoms with Gasteiger partial charge >= 0.3 is 12.4 Å². The second-order valence-corrected chi connectivity index (χ2v) is 20.2. The first-order valence-corrected chi connectivity index (χ1v) is 25.6. The molecule has 0 radical (unpaired) electrons. The molecule has 2 aromatic heterocycles. The van der Waals surface area contributed by atoms with Gasteiger partial charge in [0, 0.05) is 97.4 Å². The molecule has 0 saturated carbocycles. The summed E-state index contributed by atoms with van der Waals surface area (Å²) in [5, 5.41) is 0. The maximum absolute atomic E-state index is 13.5. The van der Waals surface area contributed by atoms with E-state index in [1.54, 1.807) is 24.3 Å². The fourth-order valence-electron chi connectivity index (χ4n) is 8.97. The van der Waals surface area contributed by atoms with Crippen molar-refractivity contribution < 1.29 is 62.1 Å². The van der Waals surface area contributed by atoms with Gasteiger partial charge in [0.1, 0.15) is 11.5 Å². The second-order valence-electron chi connectivity index (χ2n) is 16.9. The predicted octanol–water partition coefficient (Wildman–Crippen LogP) is 8.09. The zero-order valence-electron chi connectivity index (χ0n) is 38.1. The molecule has 16 nitrogen and oxygen atoms in total. The number of hydrogen-bond acceptors (Lipinski definition) is 14. The highest BCUT2D eigenvalue weighted by Crippen LogP contribution is 2.46. The van der Waals surface area contributed by atoms with Crippen LogP contribution in [0.1, 0.15) is 58.1 Å². The molecular weight excluding hydrogens is 995 g/mol. The summed E-state index contributed by atoms with van der Waals surface area (Å²) in [5.74, 6) is 0.0850. The van der Waals surface area contributed by atoms with Crippen molar-refractivity contribution in [3.63, 3.8) is 0 Å². The second kappa shape index (κ2) is 20.8. The average molecular weight is 1040 g/mol. The summed E-state index contributed by atoms with van der Waals surface area (Å²) in [6.07, 6.45) is -2.18. The van der Waals surface area contributed by atoms with Crippen LogP contribution in [0.3, 0.4) is 0 Å². The molecule has 6 heterocycles. The standard InChI is InChI=1S/2C24H23F3N4O4S/c2*25-24(26,27)16-2-4-19(21(14-16)31-9-12-34-13-10-31)18-6-11-35-22-15-17(3-5-20(18)22)36(32,33)30-23-28-7-1-8-29-23/h2*1-5,7-8,14-15,18H,6,9-13H2,(H,28,29,30)/t2*18-/m10/s1. The van der Waals surface area contributed by atoms with Gasteiger partial charge in [-0.1, -0.05) is 24.3 Å². The van der Waals surface area contributed by atoms with Crippen LogP contribution in [-0.4, -0.2) is 103 Å². The van der Waals surface area contributed by atoms with Gasteiger partial charge < -0.3 is 28.7 Å². The van der Waals surface area contributed by atoms with Gasteiger partial charge in [0.2, 0.25) is 11.9 Å². The van der Waals surface area contributed by atoms with Gasteiger partial charge in [-0.05, 0) is 72.5 Å². The minimum Gasteiger partial charge on any atom is -0.493 e. The number of morpholine rings is 2. The molecule has 0 spiro atoms. The van der Waals surface area contributed by atoms with E-state index in [9.17, 15) is 43.2 Å². The van der Waals surface area contributed by atoms with Crippen molar-refractivity contribution in [2.75, 3.05) is 85.1 Å². The lowest BCUT2D eigenvalue weighted by Gasteiger charge is -2.34. The maximum atomic E-state index is 13.5. The van der Waals surface area contributed by atoms with Crippen molar-refractivity contribution >= 4 is 43.3 Å². The molecule has 10 rings (SSSR count). The number of rotatable bonds is 10. The highest BCUT2D eigenvalue weighted by atomic mass is 32.2. The number of alkyl halides is 6. The van der Waals surface area contributed by atoms with Crippen molar-refractivity contribution in [2.24, 2.45) is 0 Å². The van der Waals surface area contributed by atoms with Crippen molar-refractivity contribution in [3.8, 4) is 11.5 Å². The molecule has 2 saturated heterocycles. The number of benzene rings is 4. The highest BCUT2D eigenvalue weighted by Gasteiger charge is 2.36. The molecule has 380 valence electrons. The molecule has 0 aliphatic carbocycles. The first-order valence-electron chi connectivity index (χ1n) is 22.7. The lowest BCUT2D eigenvalue weighted by molar-refractivity contribution is -0.138. The fraction of sp³-hybridized carbons (Fsp3) is 0.333. The monoisotopic (exact) mass is 1040 g/mol. The summed E-state index contributed by atoms with van der Waals surface area (Å²) in [7, 11) is -7.96. The van der Waals surface area contributed by atoms with Crippen LogP contribution in [0.2, 0.25) is 0 Å². The number of hydrogen-bond donors (Lipinski definition) is 2. The molecule has 24 heteroatoms. The van der Waals surface area contributed by atoms with E-state index in [1.165, 1.54) is 73.3 Å². The fourth-order valence-corrected chi connectivity index (χ4v) is 10.9. The predicted molar refractivity (Wildman–Crippen MR) is 251 cm³/mol. The molecule has 2 atom stereocenters. The van der Waals surface area contributed by atoms with Crippen LogP contribution >= 0.6 is 0 Å². The molecule has 2 N–H and O–H groups in total. The summed E-state index contributed by atoms with van der Waals surface area (Å²) in [4.78, 5) is 19.3. The third-order valence-corrected chi connectivity index (χ3v) is 15.1. The molecule has 72 heavy (non-hydrogen) atoms. The normalized spacial score (nSPS) is 18.3. The topological polar surface area (TPSA) is 187 Å². The summed E-state index contributed by atoms with van der Waals surface area (Å²) in [6, 6.07) is 19.8. The Hall–Kier alpha value is -6.76. The van der Waals surface area contributed by atoms with Gasteiger partial charge in [-0.2, -0.15) is 26.3 Å². The third-order valence-electron chi connectivity index (χ3n) is 12.4. The van der Waals surface area contributed by atoms with E-state index in [2.05, 4.69) is 29.4 Å². The summed E-state index contributed by atoms with van der Waals surface area (Å²) >= 11 is 0. The Morgan fingerprint density at radius 1 is 0.486 bits per heavy atom. The SMILES string of the molecule is O=S(=O)(Nc1ncccn1)c1ccc2c(c1)OCC[C@@H]2c1ccc(C(F)(F)F)cc1N1CCOCC1.O=S(=O)(Nc1ncccn1)c1ccc2c(c1)OCC[C@H]2c1ccc(C(F)(F)F)cc1N1CCOCC1. The van der Waals surface area contributed by atoms with E-state index in [0.717, 1.165) is 23.3 Å². The summed E-state index contributed by atoms with van der Waals surface area (Å²) in [5.41, 5.74) is 2.49. The molecular formula is C48H46F6N8O8S2. The Balaban J connectivity index is 0.000000178. The van der Waals surface area contributed by atoms with Crippen LogP contribution in [0.25, 0.3) is 0 Å². The maximum Gasteiger partial charge on any atom is 0.416 e. The van der Waals surface area contributed by atoms with Gasteiger partial charge in [0.05, 0.1) is 60.6 Å². The first-order chi connectivity index (χ1) is 34.4. The molecule has 4 aliphatic rings. The Morgan fingerprint density at radius 2 is 0.847 bits per heavy atom. The van der Waals surface area contributed by atoms with E-state index in [-0.39, 0.29) is 33.5 Å². The minimum absolute atomic E-state index is 0.0322. The van der Waals surface area contributed by atoms with Crippen LogP contribution in [0.4, 0.5) is 49.6 Å². The number of anilines is 4.